The largest absolute Gasteiger partial charge is 0.494 e. The van der Waals surface area contributed by atoms with Gasteiger partial charge in [0, 0.05) is 106 Å². The molecule has 1 unspecified atom stereocenters. The number of carboxylic acids is 1. The number of imide groups is 1. The van der Waals surface area contributed by atoms with E-state index in [1.54, 1.807) is 37.8 Å². The van der Waals surface area contributed by atoms with Crippen LogP contribution in [0.1, 0.15) is 80.1 Å². The smallest absolute Gasteiger partial charge is 0.317 e. The van der Waals surface area contributed by atoms with Crippen molar-refractivity contribution in [2.24, 2.45) is 5.92 Å². The zero-order chi connectivity index (χ0) is 65.0. The molecule has 3 atom stereocenters. The summed E-state index contributed by atoms with van der Waals surface area (Å²) in [6.45, 7) is 1.17. The topological polar surface area (TPSA) is 299 Å². The minimum absolute atomic E-state index is 0.0629. The van der Waals surface area contributed by atoms with Crippen LogP contribution in [0, 0.1) is 21.8 Å². The van der Waals surface area contributed by atoms with E-state index in [0.29, 0.717) is 94.6 Å². The maximum Gasteiger partial charge on any atom is 0.317 e. The Bertz CT molecular complexity index is 2970. The highest BCUT2D eigenvalue weighted by molar-refractivity contribution is 14.1. The number of pyridine rings is 1. The average molecular weight is 1370 g/mol. The molecule has 1 aromatic heterocycles. The summed E-state index contributed by atoms with van der Waals surface area (Å²) in [6.07, 6.45) is 6.92. The number of fused-ring (bicyclic) bond motifs is 1. The summed E-state index contributed by atoms with van der Waals surface area (Å²) in [5, 5.41) is 20.1. The van der Waals surface area contributed by atoms with Crippen molar-refractivity contribution in [3.8, 4) is 18.1 Å². The van der Waals surface area contributed by atoms with Crippen molar-refractivity contribution in [1.82, 2.24) is 55.7 Å². The van der Waals surface area contributed by atoms with Crippen molar-refractivity contribution < 1.29 is 80.4 Å². The number of nitrogens with one attached hydrogen (secondary N) is 4. The van der Waals surface area contributed by atoms with Crippen LogP contribution in [0.4, 0.5) is 13.2 Å². The number of rotatable bonds is 31. The number of terminal acetylenes is 1. The Balaban J connectivity index is 0.995. The van der Waals surface area contributed by atoms with Crippen molar-refractivity contribution in [3.63, 3.8) is 0 Å². The van der Waals surface area contributed by atoms with Crippen LogP contribution in [0.2, 0.25) is 0 Å². The molecule has 2 aromatic carbocycles. The van der Waals surface area contributed by atoms with E-state index in [2.05, 4.69) is 54.8 Å². The van der Waals surface area contributed by atoms with Crippen LogP contribution in [0.5, 0.6) is 5.75 Å². The molecule has 490 valence electrons. The van der Waals surface area contributed by atoms with E-state index in [9.17, 15) is 61.8 Å². The SMILES string of the molecule is C#C[C@H]1CC(F)(F)CN1C(=O)CNC(=O)c1ccnc2ccc(OCCCC3CCN(C(=O)CC(=O)NC(=O)[C@H](CC(F)CCNC(=O)CCCc4ccc(I)cc4)NC(=O)CN4CCN(COC=O)CCN(COC=O)CCN(CC(=O)O)CC4)CC3)cc12. The number of carboxylic acid groups (broad SMARTS) is 1. The van der Waals surface area contributed by atoms with Gasteiger partial charge in [0.25, 0.3) is 24.8 Å². The number of benzene rings is 2. The first-order chi connectivity index (χ1) is 43.2. The number of aromatic nitrogens is 1. The number of hydrogen-bond acceptors (Lipinski definition) is 18. The Morgan fingerprint density at radius 3 is 2.08 bits per heavy atom. The zero-order valence-electron chi connectivity index (χ0n) is 50.1. The number of likely N-dealkylation sites (tertiary alicyclic amines) is 2. The van der Waals surface area contributed by atoms with Crippen LogP contribution < -0.4 is 26.0 Å². The second-order valence-electron chi connectivity index (χ2n) is 22.4. The Morgan fingerprint density at radius 2 is 1.44 bits per heavy atom. The van der Waals surface area contributed by atoms with E-state index in [4.69, 9.17) is 20.6 Å². The Labute approximate surface area is 533 Å². The molecule has 25 nitrogen and oxygen atoms in total. The second kappa shape index (κ2) is 37.0. The number of alkyl halides is 3. The Hall–Kier alpha value is -7.53. The minimum atomic E-state index is -3.12. The van der Waals surface area contributed by atoms with Crippen LogP contribution in [0.3, 0.4) is 0 Å². The standard InChI is InChI=1S/C61H79F3IN11O14/c1-2-47-34-61(63,64)38-76(47)57(83)35-68-59(86)49-15-19-66-51-13-12-48(32-50(49)51)90-30-4-6-44-16-20-75(21-17-44)56(82)33-54(80)70-60(87)52(31-45(62)14-18-67-53(79)7-3-5-43-8-10-46(65)11-9-43)69-55(81)36-71-22-23-72(37-58(84)85)25-27-74(40-89-42-78)29-28-73(26-24-71)39-88-41-77/h1,8-13,15,19,32,41-42,44-45,47,52H,3-7,14,16-18,20-31,33-40H2,(H,67,79)(H,68,86)(H,69,81)(H,84,85)(H,70,80,87)/t45?,47-,52-/m0/s1. The first-order valence-corrected chi connectivity index (χ1v) is 31.0. The predicted octanol–water partition coefficient (Wildman–Crippen LogP) is 2.18. The van der Waals surface area contributed by atoms with Crippen LogP contribution in [-0.4, -0.2) is 242 Å². The van der Waals surface area contributed by atoms with Crippen molar-refractivity contribution in [3.05, 3.63) is 69.4 Å². The van der Waals surface area contributed by atoms with Crippen molar-refractivity contribution in [1.29, 1.82) is 0 Å². The summed E-state index contributed by atoms with van der Waals surface area (Å²) in [5.74, 6) is -6.28. The second-order valence-corrected chi connectivity index (χ2v) is 23.7. The van der Waals surface area contributed by atoms with E-state index >= 15 is 4.39 Å². The average Bonchev–Trinajstić information content (AvgIpc) is 1.22. The van der Waals surface area contributed by atoms with E-state index in [1.807, 2.05) is 24.3 Å². The van der Waals surface area contributed by atoms with Gasteiger partial charge in [-0.3, -0.25) is 77.8 Å². The molecule has 5 N–H and O–H groups in total. The molecule has 3 saturated heterocycles. The molecule has 3 aliphatic heterocycles. The third kappa shape index (κ3) is 24.7. The number of hydrogen-bond donors (Lipinski definition) is 5. The number of carbonyl (C=O) groups excluding carboxylic acids is 9. The number of aryl methyl sites for hydroxylation is 1. The molecule has 29 heteroatoms. The van der Waals surface area contributed by atoms with Gasteiger partial charge in [0.15, 0.2) is 0 Å². The molecule has 0 aliphatic carbocycles. The monoisotopic (exact) mass is 1370 g/mol. The Kier molecular flexibility index (Phi) is 29.4. The molecule has 0 saturated carbocycles. The van der Waals surface area contributed by atoms with Gasteiger partial charge in [-0.25, -0.2) is 13.2 Å². The van der Waals surface area contributed by atoms with Crippen LogP contribution in [0.25, 0.3) is 10.9 Å². The van der Waals surface area contributed by atoms with E-state index in [1.165, 1.54) is 17.2 Å². The molecule has 3 fully saturated rings. The maximum absolute atomic E-state index is 15.9. The Morgan fingerprint density at radius 1 is 0.800 bits per heavy atom. The van der Waals surface area contributed by atoms with Gasteiger partial charge in [-0.05, 0) is 115 Å². The van der Waals surface area contributed by atoms with Crippen molar-refractivity contribution in [2.75, 3.05) is 118 Å². The number of ether oxygens (including phenoxy) is 3. The van der Waals surface area contributed by atoms with Gasteiger partial charge >= 0.3 is 5.97 Å². The number of carbonyl (C=O) groups is 10. The van der Waals surface area contributed by atoms with Gasteiger partial charge in [-0.2, -0.15) is 0 Å². The highest BCUT2D eigenvalue weighted by atomic mass is 127. The zero-order valence-corrected chi connectivity index (χ0v) is 52.3. The summed E-state index contributed by atoms with van der Waals surface area (Å²) < 4.78 is 61.0. The lowest BCUT2D eigenvalue weighted by Gasteiger charge is -2.33. The number of aliphatic carboxylic acids is 1. The first-order valence-electron chi connectivity index (χ1n) is 29.9. The fraction of sp³-hybridized carbons (Fsp3) is 0.557. The lowest BCUT2D eigenvalue weighted by atomic mass is 9.92. The summed E-state index contributed by atoms with van der Waals surface area (Å²) in [5.41, 5.74) is 1.75. The minimum Gasteiger partial charge on any atom is -0.494 e. The van der Waals surface area contributed by atoms with Gasteiger partial charge in [0.2, 0.25) is 35.4 Å². The molecule has 3 aromatic rings. The quantitative estimate of drug-likeness (QED) is 0.0203. The summed E-state index contributed by atoms with van der Waals surface area (Å²) >= 11 is 2.21. The highest BCUT2D eigenvalue weighted by Gasteiger charge is 2.46. The normalized spacial score (nSPS) is 17.9. The molecule has 7 amide bonds. The molecule has 4 heterocycles. The number of nitrogens with zero attached hydrogens (tertiary/aromatic N) is 7. The van der Waals surface area contributed by atoms with Crippen LogP contribution in [0.15, 0.2) is 54.7 Å². The molecule has 0 bridgehead atoms. The van der Waals surface area contributed by atoms with Gasteiger partial charge in [-0.1, -0.05) is 18.1 Å². The van der Waals surface area contributed by atoms with Crippen molar-refractivity contribution >= 4 is 93.8 Å². The molecule has 0 radical (unpaired) electrons. The van der Waals surface area contributed by atoms with Crippen LogP contribution >= 0.6 is 22.6 Å². The summed E-state index contributed by atoms with van der Waals surface area (Å²) in [6, 6.07) is 11.7. The van der Waals surface area contributed by atoms with Crippen LogP contribution in [-0.2, 0) is 59.0 Å². The molecule has 0 spiro atoms. The highest BCUT2D eigenvalue weighted by Crippen LogP contribution is 2.32. The van der Waals surface area contributed by atoms with Gasteiger partial charge < -0.3 is 45.1 Å². The fourth-order valence-corrected chi connectivity index (χ4v) is 11.1. The molecule has 90 heavy (non-hydrogen) atoms. The third-order valence-corrected chi connectivity index (χ3v) is 16.4. The summed E-state index contributed by atoms with van der Waals surface area (Å²) in [7, 11) is 0. The predicted molar refractivity (Wildman–Crippen MR) is 329 cm³/mol. The van der Waals surface area contributed by atoms with Gasteiger partial charge in [-0.15, -0.1) is 6.42 Å². The fourth-order valence-electron chi connectivity index (χ4n) is 10.8. The van der Waals surface area contributed by atoms with Crippen molar-refractivity contribution in [2.45, 2.75) is 94.8 Å². The summed E-state index contributed by atoms with van der Waals surface area (Å²) in [4.78, 5) is 141. The van der Waals surface area contributed by atoms with E-state index < -0.39 is 97.9 Å². The molecular weight excluding hydrogens is 1290 g/mol. The maximum atomic E-state index is 15.9. The number of piperidine rings is 1. The van der Waals surface area contributed by atoms with E-state index in [-0.39, 0.29) is 103 Å². The molecule has 3 aliphatic rings. The lowest BCUT2D eigenvalue weighted by Crippen LogP contribution is -2.53. The van der Waals surface area contributed by atoms with Gasteiger partial charge in [0.05, 0.1) is 49.9 Å². The molecule has 6 rings (SSSR count). The number of halogens is 4. The third-order valence-electron chi connectivity index (χ3n) is 15.7. The lowest BCUT2D eigenvalue weighted by molar-refractivity contribution is -0.140. The number of amides is 7. The molecular formula is C61H79F3IN11O14. The first kappa shape index (κ1) is 71.5. The van der Waals surface area contributed by atoms with Gasteiger partial charge in [0.1, 0.15) is 37.8 Å². The van der Waals surface area contributed by atoms with E-state index in [0.717, 1.165) is 20.5 Å².